The van der Waals surface area contributed by atoms with Gasteiger partial charge in [-0.2, -0.15) is 0 Å². The molecule has 0 heterocycles. The van der Waals surface area contributed by atoms with Crippen molar-refractivity contribution in [3.63, 3.8) is 0 Å². The number of carbonyl (C=O) groups is 1. The van der Waals surface area contributed by atoms with Gasteiger partial charge < -0.3 is 20.6 Å². The van der Waals surface area contributed by atoms with Crippen molar-refractivity contribution < 1.29 is 9.90 Å². The van der Waals surface area contributed by atoms with E-state index >= 15 is 0 Å². The molecule has 0 spiro atoms. The summed E-state index contributed by atoms with van der Waals surface area (Å²) in [4.78, 5) is 14.3. The maximum atomic E-state index is 12.2. The normalized spacial score (nSPS) is 11.0. The van der Waals surface area contributed by atoms with Crippen molar-refractivity contribution in [2.75, 3.05) is 23.9 Å². The average molecular weight is 327 g/mol. The number of benzene rings is 2. The van der Waals surface area contributed by atoms with Gasteiger partial charge in [0.1, 0.15) is 0 Å². The van der Waals surface area contributed by atoms with Crippen LogP contribution in [0.1, 0.15) is 19.4 Å². The SMILES string of the molecule is CN(Cc1ccccc1)c1ccccc1NC(=O)NC(C)(C)CO. The van der Waals surface area contributed by atoms with E-state index in [1.807, 2.05) is 49.5 Å². The van der Waals surface area contributed by atoms with Gasteiger partial charge in [0.05, 0.1) is 23.5 Å². The fraction of sp³-hybridized carbons (Fsp3) is 0.316. The molecule has 128 valence electrons. The van der Waals surface area contributed by atoms with Crippen molar-refractivity contribution in [3.05, 3.63) is 60.2 Å². The molecule has 0 saturated carbocycles. The highest BCUT2D eigenvalue weighted by atomic mass is 16.3. The number of nitrogens with one attached hydrogen (secondary N) is 2. The van der Waals surface area contributed by atoms with Gasteiger partial charge in [-0.1, -0.05) is 42.5 Å². The molecule has 2 aromatic carbocycles. The summed E-state index contributed by atoms with van der Waals surface area (Å²) in [6, 6.07) is 17.5. The van der Waals surface area contributed by atoms with Crippen LogP contribution in [0.5, 0.6) is 0 Å². The topological polar surface area (TPSA) is 64.6 Å². The summed E-state index contributed by atoms with van der Waals surface area (Å²) >= 11 is 0. The molecule has 0 saturated heterocycles. The third-order valence-corrected chi connectivity index (χ3v) is 3.67. The number of urea groups is 1. The average Bonchev–Trinajstić information content (AvgIpc) is 2.55. The number of hydrogen-bond acceptors (Lipinski definition) is 3. The van der Waals surface area contributed by atoms with E-state index < -0.39 is 5.54 Å². The lowest BCUT2D eigenvalue weighted by Crippen LogP contribution is -2.48. The zero-order valence-electron chi connectivity index (χ0n) is 14.4. The Bertz CT molecular complexity index is 671. The molecule has 0 atom stereocenters. The maximum Gasteiger partial charge on any atom is 0.319 e. The minimum Gasteiger partial charge on any atom is -0.394 e. The number of carbonyl (C=O) groups excluding carboxylic acids is 1. The van der Waals surface area contributed by atoms with Crippen molar-refractivity contribution in [2.45, 2.75) is 25.9 Å². The lowest BCUT2D eigenvalue weighted by atomic mass is 10.1. The Morgan fingerprint density at radius 3 is 2.38 bits per heavy atom. The molecular weight excluding hydrogens is 302 g/mol. The Balaban J connectivity index is 2.11. The summed E-state index contributed by atoms with van der Waals surface area (Å²) in [5, 5.41) is 14.9. The Hall–Kier alpha value is -2.53. The molecule has 2 amide bonds. The number of nitrogens with zero attached hydrogens (tertiary/aromatic N) is 1. The van der Waals surface area contributed by atoms with Crippen LogP contribution in [0.2, 0.25) is 0 Å². The minimum absolute atomic E-state index is 0.129. The fourth-order valence-electron chi connectivity index (χ4n) is 2.36. The molecule has 0 bridgehead atoms. The second-order valence-corrected chi connectivity index (χ2v) is 6.48. The molecule has 24 heavy (non-hydrogen) atoms. The number of hydrogen-bond donors (Lipinski definition) is 3. The van der Waals surface area contributed by atoms with Crippen molar-refractivity contribution in [3.8, 4) is 0 Å². The first-order valence-electron chi connectivity index (χ1n) is 7.95. The monoisotopic (exact) mass is 327 g/mol. The number of para-hydroxylation sites is 2. The van der Waals surface area contributed by atoms with Gasteiger partial charge in [-0.25, -0.2) is 4.79 Å². The molecule has 5 heteroatoms. The van der Waals surface area contributed by atoms with Crippen LogP contribution in [0.3, 0.4) is 0 Å². The predicted octanol–water partition coefficient (Wildman–Crippen LogP) is 3.22. The molecule has 0 fully saturated rings. The van der Waals surface area contributed by atoms with Gasteiger partial charge in [0.15, 0.2) is 0 Å². The van der Waals surface area contributed by atoms with E-state index in [9.17, 15) is 9.90 Å². The van der Waals surface area contributed by atoms with Crippen molar-refractivity contribution in [1.29, 1.82) is 0 Å². The van der Waals surface area contributed by atoms with E-state index in [1.54, 1.807) is 13.8 Å². The van der Waals surface area contributed by atoms with Crippen LogP contribution in [0.25, 0.3) is 0 Å². The summed E-state index contributed by atoms with van der Waals surface area (Å²) in [5.41, 5.74) is 2.18. The molecule has 0 aromatic heterocycles. The van der Waals surface area contributed by atoms with Crippen LogP contribution in [0.15, 0.2) is 54.6 Å². The van der Waals surface area contributed by atoms with E-state index in [-0.39, 0.29) is 12.6 Å². The smallest absolute Gasteiger partial charge is 0.319 e. The van der Waals surface area contributed by atoms with E-state index in [2.05, 4.69) is 27.7 Å². The predicted molar refractivity (Wildman–Crippen MR) is 98.3 cm³/mol. The zero-order valence-corrected chi connectivity index (χ0v) is 14.4. The van der Waals surface area contributed by atoms with Gasteiger partial charge in [0.2, 0.25) is 0 Å². The first kappa shape index (κ1) is 17.8. The minimum atomic E-state index is -0.672. The van der Waals surface area contributed by atoms with E-state index in [1.165, 1.54) is 5.56 Å². The molecule has 0 radical (unpaired) electrons. The quantitative estimate of drug-likeness (QED) is 0.763. The van der Waals surface area contributed by atoms with E-state index in [0.29, 0.717) is 0 Å². The number of aliphatic hydroxyl groups is 1. The van der Waals surface area contributed by atoms with Crippen molar-refractivity contribution >= 4 is 17.4 Å². The van der Waals surface area contributed by atoms with E-state index in [4.69, 9.17) is 0 Å². The first-order chi connectivity index (χ1) is 11.4. The number of rotatable bonds is 6. The third-order valence-electron chi connectivity index (χ3n) is 3.67. The van der Waals surface area contributed by atoms with Gasteiger partial charge in [0, 0.05) is 13.6 Å². The Labute approximate surface area is 143 Å². The second kappa shape index (κ2) is 7.84. The molecule has 3 N–H and O–H groups in total. The second-order valence-electron chi connectivity index (χ2n) is 6.48. The van der Waals surface area contributed by atoms with Crippen molar-refractivity contribution in [1.82, 2.24) is 5.32 Å². The highest BCUT2D eigenvalue weighted by Gasteiger charge is 2.19. The lowest BCUT2D eigenvalue weighted by Gasteiger charge is -2.26. The molecule has 0 aliphatic rings. The standard InChI is InChI=1S/C19H25N3O2/c1-19(2,14-23)21-18(24)20-16-11-7-8-12-17(16)22(3)13-15-9-5-4-6-10-15/h4-12,23H,13-14H2,1-3H3,(H2,20,21,24). The van der Waals surface area contributed by atoms with E-state index in [0.717, 1.165) is 17.9 Å². The molecule has 0 aliphatic heterocycles. The van der Waals surface area contributed by atoms with Crippen LogP contribution in [-0.2, 0) is 6.54 Å². The Kier molecular flexibility index (Phi) is 5.82. The van der Waals surface area contributed by atoms with Gasteiger partial charge in [-0.15, -0.1) is 0 Å². The number of anilines is 2. The van der Waals surface area contributed by atoms with Gasteiger partial charge in [0.25, 0.3) is 0 Å². The van der Waals surface area contributed by atoms with Crippen LogP contribution < -0.4 is 15.5 Å². The summed E-state index contributed by atoms with van der Waals surface area (Å²) in [7, 11) is 1.99. The molecule has 5 nitrogen and oxygen atoms in total. The highest BCUT2D eigenvalue weighted by Crippen LogP contribution is 2.26. The third kappa shape index (κ3) is 4.99. The molecular formula is C19H25N3O2. The zero-order chi connectivity index (χ0) is 17.6. The summed E-state index contributed by atoms with van der Waals surface area (Å²) < 4.78 is 0. The first-order valence-corrected chi connectivity index (χ1v) is 7.95. The Morgan fingerprint density at radius 1 is 1.08 bits per heavy atom. The molecule has 0 aliphatic carbocycles. The van der Waals surface area contributed by atoms with Crippen LogP contribution in [0, 0.1) is 0 Å². The Morgan fingerprint density at radius 2 is 1.71 bits per heavy atom. The lowest BCUT2D eigenvalue weighted by molar-refractivity contribution is 0.187. The fourth-order valence-corrected chi connectivity index (χ4v) is 2.36. The van der Waals surface area contributed by atoms with Gasteiger partial charge in [-0.05, 0) is 31.5 Å². The number of amides is 2. The summed E-state index contributed by atoms with van der Waals surface area (Å²) in [6.45, 7) is 4.14. The summed E-state index contributed by atoms with van der Waals surface area (Å²) in [6.07, 6.45) is 0. The van der Waals surface area contributed by atoms with Crippen molar-refractivity contribution in [2.24, 2.45) is 0 Å². The highest BCUT2D eigenvalue weighted by molar-refractivity contribution is 5.93. The maximum absolute atomic E-state index is 12.2. The summed E-state index contributed by atoms with van der Waals surface area (Å²) in [5.74, 6) is 0. The molecule has 2 aromatic rings. The molecule has 2 rings (SSSR count). The van der Waals surface area contributed by atoms with Crippen LogP contribution in [0.4, 0.5) is 16.2 Å². The van der Waals surface area contributed by atoms with Crippen LogP contribution in [-0.4, -0.2) is 30.3 Å². The molecule has 0 unspecified atom stereocenters. The largest absolute Gasteiger partial charge is 0.394 e. The number of aliphatic hydroxyl groups excluding tert-OH is 1. The van der Waals surface area contributed by atoms with Crippen LogP contribution >= 0.6 is 0 Å². The van der Waals surface area contributed by atoms with Gasteiger partial charge in [-0.3, -0.25) is 0 Å². The van der Waals surface area contributed by atoms with Gasteiger partial charge >= 0.3 is 6.03 Å².